The molecule has 4 heteroatoms. The van der Waals surface area contributed by atoms with Crippen molar-refractivity contribution in [2.24, 2.45) is 0 Å². The lowest BCUT2D eigenvalue weighted by molar-refractivity contribution is -0.123. The van der Waals surface area contributed by atoms with Crippen molar-refractivity contribution in [2.75, 3.05) is 19.6 Å². The molecule has 1 aliphatic heterocycles. The molecule has 0 unspecified atom stereocenters. The third-order valence-electron chi connectivity index (χ3n) is 2.85. The van der Waals surface area contributed by atoms with Gasteiger partial charge in [-0.15, -0.1) is 0 Å². The van der Waals surface area contributed by atoms with Crippen molar-refractivity contribution in [1.29, 1.82) is 5.26 Å². The standard InChI is InChI=1S/C11H19N3O/c1-10-5-2-3-8-14(10)9-11(15)13-7-4-6-12/h10H,2-5,7-9H2,1H3,(H,13,15)/t10-/m0/s1. The van der Waals surface area contributed by atoms with Crippen LogP contribution >= 0.6 is 0 Å². The Morgan fingerprint density at radius 2 is 2.40 bits per heavy atom. The highest BCUT2D eigenvalue weighted by molar-refractivity contribution is 5.78. The monoisotopic (exact) mass is 209 g/mol. The zero-order chi connectivity index (χ0) is 11.1. The van der Waals surface area contributed by atoms with Crippen LogP contribution in [-0.2, 0) is 4.79 Å². The summed E-state index contributed by atoms with van der Waals surface area (Å²) in [6, 6.07) is 2.52. The highest BCUT2D eigenvalue weighted by atomic mass is 16.2. The molecule has 84 valence electrons. The Hall–Kier alpha value is -1.08. The molecule has 1 fully saturated rings. The van der Waals surface area contributed by atoms with E-state index >= 15 is 0 Å². The van der Waals surface area contributed by atoms with Crippen molar-refractivity contribution in [1.82, 2.24) is 10.2 Å². The van der Waals surface area contributed by atoms with Gasteiger partial charge in [-0.25, -0.2) is 0 Å². The molecule has 15 heavy (non-hydrogen) atoms. The van der Waals surface area contributed by atoms with Gasteiger partial charge in [0.15, 0.2) is 0 Å². The first-order chi connectivity index (χ1) is 7.24. The maximum atomic E-state index is 11.5. The zero-order valence-electron chi connectivity index (χ0n) is 9.33. The molecule has 0 aromatic carbocycles. The van der Waals surface area contributed by atoms with Gasteiger partial charge in [0.1, 0.15) is 0 Å². The van der Waals surface area contributed by atoms with E-state index in [0.717, 1.165) is 6.54 Å². The molecule has 1 aliphatic rings. The Kier molecular flexibility index (Phi) is 5.13. The topological polar surface area (TPSA) is 56.1 Å². The summed E-state index contributed by atoms with van der Waals surface area (Å²) in [5.41, 5.74) is 0. The Morgan fingerprint density at radius 3 is 3.07 bits per heavy atom. The van der Waals surface area contributed by atoms with Gasteiger partial charge in [0.2, 0.25) is 5.91 Å². The molecule has 0 spiro atoms. The first-order valence-electron chi connectivity index (χ1n) is 5.61. The van der Waals surface area contributed by atoms with E-state index in [1.807, 2.05) is 6.07 Å². The van der Waals surface area contributed by atoms with Crippen LogP contribution in [0.25, 0.3) is 0 Å². The number of nitriles is 1. The molecule has 1 saturated heterocycles. The van der Waals surface area contributed by atoms with Crippen LogP contribution in [0.3, 0.4) is 0 Å². The predicted octanol–water partition coefficient (Wildman–Crippen LogP) is 0.891. The van der Waals surface area contributed by atoms with Gasteiger partial charge in [-0.1, -0.05) is 6.42 Å². The minimum Gasteiger partial charge on any atom is -0.354 e. The quantitative estimate of drug-likeness (QED) is 0.700. The molecule has 0 radical (unpaired) electrons. The summed E-state index contributed by atoms with van der Waals surface area (Å²) in [4.78, 5) is 13.7. The Balaban J connectivity index is 2.21. The maximum Gasteiger partial charge on any atom is 0.234 e. The Morgan fingerprint density at radius 1 is 1.60 bits per heavy atom. The minimum absolute atomic E-state index is 0.0407. The van der Waals surface area contributed by atoms with Gasteiger partial charge < -0.3 is 5.32 Å². The molecular formula is C11H19N3O. The molecular weight excluding hydrogens is 190 g/mol. The van der Waals surface area contributed by atoms with Gasteiger partial charge in [0.05, 0.1) is 19.0 Å². The average Bonchev–Trinajstić information content (AvgIpc) is 2.22. The SMILES string of the molecule is C[C@H]1CCCCN1CC(=O)NCCC#N. The third-order valence-corrected chi connectivity index (χ3v) is 2.85. The van der Waals surface area contributed by atoms with Gasteiger partial charge in [0, 0.05) is 12.6 Å². The van der Waals surface area contributed by atoms with E-state index < -0.39 is 0 Å². The van der Waals surface area contributed by atoms with Gasteiger partial charge in [0.25, 0.3) is 0 Å². The number of likely N-dealkylation sites (tertiary alicyclic amines) is 1. The summed E-state index contributed by atoms with van der Waals surface area (Å²) in [6.07, 6.45) is 4.04. The second kappa shape index (κ2) is 6.41. The summed E-state index contributed by atoms with van der Waals surface area (Å²) < 4.78 is 0. The summed E-state index contributed by atoms with van der Waals surface area (Å²) in [7, 11) is 0. The molecule has 0 aromatic heterocycles. The van der Waals surface area contributed by atoms with Gasteiger partial charge in [-0.05, 0) is 26.3 Å². The highest BCUT2D eigenvalue weighted by Gasteiger charge is 2.19. The second-order valence-corrected chi connectivity index (χ2v) is 4.07. The second-order valence-electron chi connectivity index (χ2n) is 4.07. The van der Waals surface area contributed by atoms with Crippen molar-refractivity contribution < 1.29 is 4.79 Å². The van der Waals surface area contributed by atoms with E-state index in [0.29, 0.717) is 25.6 Å². The number of amides is 1. The van der Waals surface area contributed by atoms with Crippen LogP contribution in [0.5, 0.6) is 0 Å². The van der Waals surface area contributed by atoms with E-state index in [9.17, 15) is 4.79 Å². The van der Waals surface area contributed by atoms with Crippen LogP contribution in [0, 0.1) is 11.3 Å². The van der Waals surface area contributed by atoms with Crippen LogP contribution in [0.2, 0.25) is 0 Å². The first-order valence-corrected chi connectivity index (χ1v) is 5.61. The number of carbonyl (C=O) groups is 1. The molecule has 1 rings (SSSR count). The molecule has 4 nitrogen and oxygen atoms in total. The van der Waals surface area contributed by atoms with Crippen molar-refractivity contribution in [2.45, 2.75) is 38.6 Å². The number of carbonyl (C=O) groups excluding carboxylic acids is 1. The largest absolute Gasteiger partial charge is 0.354 e. The van der Waals surface area contributed by atoms with Crippen LogP contribution in [-0.4, -0.2) is 36.5 Å². The molecule has 1 amide bonds. The zero-order valence-corrected chi connectivity index (χ0v) is 9.33. The van der Waals surface area contributed by atoms with E-state index in [2.05, 4.69) is 17.1 Å². The highest BCUT2D eigenvalue weighted by Crippen LogP contribution is 2.15. The summed E-state index contributed by atoms with van der Waals surface area (Å²) in [6.45, 7) is 4.14. The number of nitrogens with zero attached hydrogens (tertiary/aromatic N) is 2. The normalized spacial score (nSPS) is 22.0. The number of rotatable bonds is 4. The number of hydrogen-bond donors (Lipinski definition) is 1. The predicted molar refractivity (Wildman–Crippen MR) is 58.1 cm³/mol. The van der Waals surface area contributed by atoms with Crippen LogP contribution < -0.4 is 5.32 Å². The van der Waals surface area contributed by atoms with Gasteiger partial charge in [-0.3, -0.25) is 9.69 Å². The molecule has 1 atom stereocenters. The summed E-state index contributed by atoms with van der Waals surface area (Å²) >= 11 is 0. The lowest BCUT2D eigenvalue weighted by Crippen LogP contribution is -2.44. The smallest absolute Gasteiger partial charge is 0.234 e. The number of piperidine rings is 1. The summed E-state index contributed by atoms with van der Waals surface area (Å²) in [5, 5.41) is 11.1. The van der Waals surface area contributed by atoms with Crippen molar-refractivity contribution in [3.05, 3.63) is 0 Å². The molecule has 0 aromatic rings. The van der Waals surface area contributed by atoms with E-state index in [4.69, 9.17) is 5.26 Å². The minimum atomic E-state index is 0.0407. The molecule has 0 bridgehead atoms. The van der Waals surface area contributed by atoms with Crippen LogP contribution in [0.4, 0.5) is 0 Å². The van der Waals surface area contributed by atoms with Crippen molar-refractivity contribution in [3.63, 3.8) is 0 Å². The van der Waals surface area contributed by atoms with Crippen molar-refractivity contribution in [3.8, 4) is 6.07 Å². The van der Waals surface area contributed by atoms with E-state index in [1.54, 1.807) is 0 Å². The molecule has 1 heterocycles. The Labute approximate surface area is 91.2 Å². The third kappa shape index (κ3) is 4.30. The average molecular weight is 209 g/mol. The number of hydrogen-bond acceptors (Lipinski definition) is 3. The van der Waals surface area contributed by atoms with E-state index in [1.165, 1.54) is 19.3 Å². The van der Waals surface area contributed by atoms with Crippen LogP contribution in [0.1, 0.15) is 32.6 Å². The fourth-order valence-corrected chi connectivity index (χ4v) is 1.89. The molecule has 0 saturated carbocycles. The lowest BCUT2D eigenvalue weighted by Gasteiger charge is -2.32. The van der Waals surface area contributed by atoms with Gasteiger partial charge in [-0.2, -0.15) is 5.26 Å². The van der Waals surface area contributed by atoms with Gasteiger partial charge >= 0.3 is 0 Å². The Bertz CT molecular complexity index is 247. The van der Waals surface area contributed by atoms with Crippen LogP contribution in [0.15, 0.2) is 0 Å². The first kappa shape index (κ1) is 12.0. The van der Waals surface area contributed by atoms with Crippen molar-refractivity contribution >= 4 is 5.91 Å². The molecule has 0 aliphatic carbocycles. The fourth-order valence-electron chi connectivity index (χ4n) is 1.89. The lowest BCUT2D eigenvalue weighted by atomic mass is 10.0. The summed E-state index contributed by atoms with van der Waals surface area (Å²) in [5.74, 6) is 0.0407. The molecule has 1 N–H and O–H groups in total. The maximum absolute atomic E-state index is 11.5. The van der Waals surface area contributed by atoms with E-state index in [-0.39, 0.29) is 5.91 Å². The number of nitrogens with one attached hydrogen (secondary N) is 1. The fraction of sp³-hybridized carbons (Fsp3) is 0.818.